The highest BCUT2D eigenvalue weighted by Crippen LogP contribution is 2.49. The number of aromatic nitrogens is 2. The summed E-state index contributed by atoms with van der Waals surface area (Å²) in [4.78, 5) is 21.8. The van der Waals surface area contributed by atoms with Gasteiger partial charge in [-0.1, -0.05) is 0 Å². The van der Waals surface area contributed by atoms with Gasteiger partial charge in [-0.15, -0.1) is 0 Å². The number of nitrogens with zero attached hydrogens (tertiary/aromatic N) is 2. The van der Waals surface area contributed by atoms with Gasteiger partial charge in [-0.3, -0.25) is 9.78 Å². The molecule has 1 saturated heterocycles. The minimum atomic E-state index is -0.598. The van der Waals surface area contributed by atoms with Gasteiger partial charge in [0, 0.05) is 25.2 Å². The molecule has 0 atom stereocenters. The third-order valence-electron chi connectivity index (χ3n) is 6.37. The van der Waals surface area contributed by atoms with Gasteiger partial charge in [-0.2, -0.15) is 0 Å². The van der Waals surface area contributed by atoms with Crippen molar-refractivity contribution in [2.45, 2.75) is 44.6 Å². The number of rotatable bonds is 4. The van der Waals surface area contributed by atoms with Crippen LogP contribution in [0.5, 0.6) is 5.75 Å². The number of H-pyrrole nitrogens is 1. The largest absolute Gasteiger partial charge is 0.493 e. The number of piperidine rings is 1. The van der Waals surface area contributed by atoms with Crippen molar-refractivity contribution in [1.29, 1.82) is 0 Å². The molecule has 27 heavy (non-hydrogen) atoms. The number of aliphatic hydroxyl groups excluding tert-OH is 1. The monoisotopic (exact) mass is 373 g/mol. The summed E-state index contributed by atoms with van der Waals surface area (Å²) in [5.41, 5.74) is 0.127. The molecule has 1 aliphatic heterocycles. The average Bonchev–Trinajstić information content (AvgIpc) is 3.43. The molecular weight excluding hydrogens is 349 g/mol. The van der Waals surface area contributed by atoms with Gasteiger partial charge in [0.25, 0.3) is 5.56 Å². The first-order valence-corrected chi connectivity index (χ1v) is 9.81. The van der Waals surface area contributed by atoms with Gasteiger partial charge in [0.2, 0.25) is 5.95 Å². The van der Waals surface area contributed by atoms with Gasteiger partial charge in [0.1, 0.15) is 17.0 Å². The van der Waals surface area contributed by atoms with Crippen molar-refractivity contribution in [3.8, 4) is 5.75 Å². The summed E-state index contributed by atoms with van der Waals surface area (Å²) in [5.74, 6) is 0.884. The first-order valence-electron chi connectivity index (χ1n) is 9.81. The molecule has 3 fully saturated rings. The van der Waals surface area contributed by atoms with Crippen molar-refractivity contribution in [2.75, 3.05) is 24.6 Å². The van der Waals surface area contributed by atoms with Crippen molar-refractivity contribution in [1.82, 2.24) is 9.97 Å². The van der Waals surface area contributed by atoms with Crippen LogP contribution in [0.2, 0.25) is 0 Å². The molecule has 0 radical (unpaired) electrons. The molecule has 6 nitrogen and oxygen atoms in total. The molecule has 1 aromatic carbocycles. The molecule has 2 N–H and O–H groups in total. The summed E-state index contributed by atoms with van der Waals surface area (Å²) >= 11 is 0. The van der Waals surface area contributed by atoms with E-state index in [0.717, 1.165) is 51.6 Å². The molecule has 144 valence electrons. The van der Waals surface area contributed by atoms with Crippen LogP contribution in [0.3, 0.4) is 0 Å². The molecular formula is C20H24FN3O3. The Hall–Kier alpha value is -2.15. The number of anilines is 1. The zero-order valence-electron chi connectivity index (χ0n) is 15.2. The summed E-state index contributed by atoms with van der Waals surface area (Å²) in [7, 11) is 0. The Kier molecular flexibility index (Phi) is 3.89. The summed E-state index contributed by atoms with van der Waals surface area (Å²) in [6.45, 7) is 2.14. The van der Waals surface area contributed by atoms with E-state index in [-0.39, 0.29) is 16.9 Å². The Morgan fingerprint density at radius 3 is 2.70 bits per heavy atom. The number of fused-ring (bicyclic) bond motifs is 1. The third-order valence-corrected chi connectivity index (χ3v) is 6.37. The smallest absolute Gasteiger partial charge is 0.263 e. The van der Waals surface area contributed by atoms with E-state index < -0.39 is 11.4 Å². The second-order valence-electron chi connectivity index (χ2n) is 8.49. The van der Waals surface area contributed by atoms with Gasteiger partial charge in [-0.05, 0) is 49.9 Å². The van der Waals surface area contributed by atoms with E-state index in [1.165, 1.54) is 6.07 Å². The second kappa shape index (κ2) is 6.19. The fourth-order valence-electron chi connectivity index (χ4n) is 4.46. The maximum absolute atomic E-state index is 14.4. The molecule has 0 bridgehead atoms. The Balaban J connectivity index is 1.40. The summed E-state index contributed by atoms with van der Waals surface area (Å²) in [5, 5.41) is 9.60. The van der Waals surface area contributed by atoms with Gasteiger partial charge in [0.15, 0.2) is 0 Å². The molecule has 7 heteroatoms. The average molecular weight is 373 g/mol. The van der Waals surface area contributed by atoms with Crippen LogP contribution in [0, 0.1) is 17.2 Å². The molecule has 2 saturated carbocycles. The van der Waals surface area contributed by atoms with Gasteiger partial charge in [0.05, 0.1) is 18.2 Å². The van der Waals surface area contributed by atoms with E-state index in [0.29, 0.717) is 29.7 Å². The van der Waals surface area contributed by atoms with Crippen LogP contribution in [0.1, 0.15) is 38.5 Å². The summed E-state index contributed by atoms with van der Waals surface area (Å²) in [6, 6.07) is 2.93. The lowest BCUT2D eigenvalue weighted by molar-refractivity contribution is -0.0465. The van der Waals surface area contributed by atoms with Crippen LogP contribution in [0.25, 0.3) is 10.9 Å². The van der Waals surface area contributed by atoms with Crippen LogP contribution in [-0.4, -0.2) is 40.9 Å². The SMILES string of the molecule is O=c1[nH]c(N2CCC3(CC2)CC(O)C3)nc2cc(OCC3CC3)cc(F)c12. The maximum Gasteiger partial charge on any atom is 0.263 e. The normalized spacial score (nSPS) is 22.2. The molecule has 2 heterocycles. The van der Waals surface area contributed by atoms with E-state index in [1.807, 2.05) is 4.90 Å². The minimum absolute atomic E-state index is 0.0203. The van der Waals surface area contributed by atoms with Crippen molar-refractivity contribution < 1.29 is 14.2 Å². The standard InChI is InChI=1S/C20H24FN3O3/c21-15-7-14(27-11-12-1-2-12)8-16-17(15)18(26)23-19(22-16)24-5-3-20(4-6-24)9-13(25)10-20/h7-8,12-13,25H,1-6,9-11H2,(H,22,23,26). The molecule has 1 spiro atoms. The lowest BCUT2D eigenvalue weighted by atomic mass is 9.61. The number of halogens is 1. The number of aliphatic hydroxyl groups is 1. The van der Waals surface area contributed by atoms with E-state index in [2.05, 4.69) is 9.97 Å². The van der Waals surface area contributed by atoms with Crippen molar-refractivity contribution in [3.05, 3.63) is 28.3 Å². The lowest BCUT2D eigenvalue weighted by Crippen LogP contribution is -2.49. The molecule has 5 rings (SSSR count). The lowest BCUT2D eigenvalue weighted by Gasteiger charge is -2.50. The molecule has 2 aliphatic carbocycles. The minimum Gasteiger partial charge on any atom is -0.493 e. The third kappa shape index (κ3) is 3.18. The highest BCUT2D eigenvalue weighted by Gasteiger charge is 2.45. The Labute approximate surface area is 156 Å². The predicted molar refractivity (Wildman–Crippen MR) is 99.7 cm³/mol. The molecule has 1 aromatic heterocycles. The van der Waals surface area contributed by atoms with E-state index in [9.17, 15) is 14.3 Å². The number of nitrogens with one attached hydrogen (secondary N) is 1. The first-order chi connectivity index (χ1) is 13.0. The van der Waals surface area contributed by atoms with Crippen molar-refractivity contribution in [3.63, 3.8) is 0 Å². The van der Waals surface area contributed by atoms with E-state index >= 15 is 0 Å². The number of aromatic amines is 1. The second-order valence-corrected chi connectivity index (χ2v) is 8.49. The van der Waals surface area contributed by atoms with Gasteiger partial charge in [-0.25, -0.2) is 9.37 Å². The van der Waals surface area contributed by atoms with Gasteiger partial charge < -0.3 is 14.7 Å². The van der Waals surface area contributed by atoms with E-state index in [1.54, 1.807) is 6.07 Å². The van der Waals surface area contributed by atoms with Crippen LogP contribution in [0.15, 0.2) is 16.9 Å². The number of ether oxygens (including phenoxy) is 1. The van der Waals surface area contributed by atoms with Crippen LogP contribution in [-0.2, 0) is 0 Å². The zero-order valence-corrected chi connectivity index (χ0v) is 15.2. The molecule has 2 aromatic rings. The van der Waals surface area contributed by atoms with Crippen molar-refractivity contribution in [2.24, 2.45) is 11.3 Å². The maximum atomic E-state index is 14.4. The van der Waals surface area contributed by atoms with Crippen molar-refractivity contribution >= 4 is 16.9 Å². The fraction of sp³-hybridized carbons (Fsp3) is 0.600. The van der Waals surface area contributed by atoms with Crippen LogP contribution >= 0.6 is 0 Å². The highest BCUT2D eigenvalue weighted by atomic mass is 19.1. The van der Waals surface area contributed by atoms with Crippen LogP contribution < -0.4 is 15.2 Å². The van der Waals surface area contributed by atoms with Gasteiger partial charge >= 0.3 is 0 Å². The predicted octanol–water partition coefficient (Wildman–Crippen LogP) is 2.59. The number of benzene rings is 1. The molecule has 0 unspecified atom stereocenters. The quantitative estimate of drug-likeness (QED) is 0.861. The zero-order chi connectivity index (χ0) is 18.6. The highest BCUT2D eigenvalue weighted by molar-refractivity contribution is 5.80. The Morgan fingerprint density at radius 2 is 2.04 bits per heavy atom. The molecule has 0 amide bonds. The summed E-state index contributed by atoms with van der Waals surface area (Å²) in [6.07, 6.45) is 5.85. The summed E-state index contributed by atoms with van der Waals surface area (Å²) < 4.78 is 20.1. The topological polar surface area (TPSA) is 78.5 Å². The number of hydrogen-bond donors (Lipinski definition) is 2. The first kappa shape index (κ1) is 17.0. The van der Waals surface area contributed by atoms with E-state index in [4.69, 9.17) is 4.74 Å². The fourth-order valence-corrected chi connectivity index (χ4v) is 4.46. The Bertz CT molecular complexity index is 924. The Morgan fingerprint density at radius 1 is 1.30 bits per heavy atom. The number of hydrogen-bond acceptors (Lipinski definition) is 5. The van der Waals surface area contributed by atoms with Crippen LogP contribution in [0.4, 0.5) is 10.3 Å². The molecule has 3 aliphatic rings.